The lowest BCUT2D eigenvalue weighted by molar-refractivity contribution is 0.104. The molecule has 0 unspecified atom stereocenters. The SMILES string of the molecule is O=C(c1ccccc1)c1ccc(=O)n2c(Br)c[nH]c12. The fraction of sp³-hybridized carbons (Fsp3) is 0. The first kappa shape index (κ1) is 11.9. The number of ketones is 1. The number of H-pyrrole nitrogens is 1. The molecule has 0 fully saturated rings. The Kier molecular flexibility index (Phi) is 2.83. The Hall–Kier alpha value is -2.14. The highest BCUT2D eigenvalue weighted by atomic mass is 79.9. The molecule has 0 radical (unpaired) electrons. The number of pyridine rings is 1. The van der Waals surface area contributed by atoms with Gasteiger partial charge in [-0.05, 0) is 22.0 Å². The summed E-state index contributed by atoms with van der Waals surface area (Å²) in [7, 11) is 0. The van der Waals surface area contributed by atoms with E-state index in [4.69, 9.17) is 0 Å². The number of hydrogen-bond acceptors (Lipinski definition) is 2. The number of hydrogen-bond donors (Lipinski definition) is 1. The van der Waals surface area contributed by atoms with Crippen LogP contribution in [-0.4, -0.2) is 15.2 Å². The molecule has 4 nitrogen and oxygen atoms in total. The Balaban J connectivity index is 2.25. The quantitative estimate of drug-likeness (QED) is 0.739. The third-order valence-electron chi connectivity index (χ3n) is 2.91. The summed E-state index contributed by atoms with van der Waals surface area (Å²) in [6, 6.07) is 11.9. The van der Waals surface area contributed by atoms with Crippen molar-refractivity contribution in [1.82, 2.24) is 9.38 Å². The largest absolute Gasteiger partial charge is 0.344 e. The lowest BCUT2D eigenvalue weighted by Gasteiger charge is -2.03. The molecule has 0 aliphatic heterocycles. The molecule has 1 N–H and O–H groups in total. The number of carbonyl (C=O) groups excluding carboxylic acids is 1. The summed E-state index contributed by atoms with van der Waals surface area (Å²) >= 11 is 3.28. The average molecular weight is 317 g/mol. The minimum absolute atomic E-state index is 0.118. The fourth-order valence-corrected chi connectivity index (χ4v) is 2.48. The molecule has 3 aromatic rings. The van der Waals surface area contributed by atoms with Crippen LogP contribution in [0.25, 0.3) is 5.65 Å². The fourth-order valence-electron chi connectivity index (χ4n) is 2.01. The summed E-state index contributed by atoms with van der Waals surface area (Å²) in [5.74, 6) is -0.118. The molecule has 19 heavy (non-hydrogen) atoms. The van der Waals surface area contributed by atoms with Crippen LogP contribution in [0.5, 0.6) is 0 Å². The first-order valence-electron chi connectivity index (χ1n) is 5.67. The molecule has 0 saturated carbocycles. The highest BCUT2D eigenvalue weighted by Crippen LogP contribution is 2.17. The lowest BCUT2D eigenvalue weighted by atomic mass is 10.0. The number of fused-ring (bicyclic) bond motifs is 1. The van der Waals surface area contributed by atoms with E-state index in [0.29, 0.717) is 21.4 Å². The molecule has 94 valence electrons. The van der Waals surface area contributed by atoms with Crippen LogP contribution in [0.15, 0.2) is 58.1 Å². The Morgan fingerprint density at radius 2 is 1.84 bits per heavy atom. The second kappa shape index (κ2) is 4.51. The van der Waals surface area contributed by atoms with Gasteiger partial charge in [0.25, 0.3) is 5.56 Å². The maximum Gasteiger partial charge on any atom is 0.257 e. The minimum Gasteiger partial charge on any atom is -0.344 e. The van der Waals surface area contributed by atoms with Gasteiger partial charge in [-0.15, -0.1) is 0 Å². The number of imidazole rings is 1. The highest BCUT2D eigenvalue weighted by molar-refractivity contribution is 9.10. The summed E-state index contributed by atoms with van der Waals surface area (Å²) in [6.45, 7) is 0. The zero-order valence-electron chi connectivity index (χ0n) is 9.76. The molecule has 0 spiro atoms. The van der Waals surface area contributed by atoms with Gasteiger partial charge in [-0.25, -0.2) is 0 Å². The van der Waals surface area contributed by atoms with Gasteiger partial charge in [-0.3, -0.25) is 14.0 Å². The molecule has 0 bridgehead atoms. The third kappa shape index (κ3) is 1.92. The molecule has 2 heterocycles. The maximum absolute atomic E-state index is 12.4. The summed E-state index contributed by atoms with van der Waals surface area (Å²) < 4.78 is 2.02. The Labute approximate surface area is 116 Å². The van der Waals surface area contributed by atoms with Gasteiger partial charge in [-0.1, -0.05) is 30.3 Å². The number of rotatable bonds is 2. The van der Waals surface area contributed by atoms with Crippen molar-refractivity contribution in [3.8, 4) is 0 Å². The van der Waals surface area contributed by atoms with Crippen LogP contribution < -0.4 is 5.56 Å². The van der Waals surface area contributed by atoms with E-state index in [1.54, 1.807) is 24.4 Å². The smallest absolute Gasteiger partial charge is 0.257 e. The molecule has 0 aliphatic carbocycles. The van der Waals surface area contributed by atoms with Crippen molar-refractivity contribution in [3.63, 3.8) is 0 Å². The number of nitrogens with one attached hydrogen (secondary N) is 1. The molecule has 0 saturated heterocycles. The van der Waals surface area contributed by atoms with Crippen molar-refractivity contribution in [2.45, 2.75) is 0 Å². The van der Waals surface area contributed by atoms with E-state index < -0.39 is 0 Å². The predicted octanol–water partition coefficient (Wildman–Crippen LogP) is 2.62. The third-order valence-corrected chi connectivity index (χ3v) is 3.50. The van der Waals surface area contributed by atoms with E-state index in [-0.39, 0.29) is 11.3 Å². The van der Waals surface area contributed by atoms with Crippen LogP contribution in [0.4, 0.5) is 0 Å². The van der Waals surface area contributed by atoms with Gasteiger partial charge < -0.3 is 4.98 Å². The van der Waals surface area contributed by atoms with Gasteiger partial charge in [0, 0.05) is 17.8 Å². The van der Waals surface area contributed by atoms with Gasteiger partial charge in [0.2, 0.25) is 0 Å². The number of aromatic amines is 1. The molecule has 0 aliphatic rings. The first-order valence-corrected chi connectivity index (χ1v) is 6.46. The summed E-state index contributed by atoms with van der Waals surface area (Å²) in [4.78, 5) is 27.1. The number of halogens is 1. The second-order valence-corrected chi connectivity index (χ2v) is 4.89. The average Bonchev–Trinajstić information content (AvgIpc) is 2.83. The van der Waals surface area contributed by atoms with Crippen molar-refractivity contribution in [3.05, 3.63) is 74.7 Å². The van der Waals surface area contributed by atoms with Gasteiger partial charge in [0.1, 0.15) is 10.3 Å². The normalized spacial score (nSPS) is 10.8. The topological polar surface area (TPSA) is 54.3 Å². The Morgan fingerprint density at radius 3 is 2.58 bits per heavy atom. The molecule has 1 aromatic carbocycles. The Bertz CT molecular complexity index is 818. The van der Waals surface area contributed by atoms with E-state index >= 15 is 0 Å². The standard InChI is InChI=1S/C14H9BrN2O2/c15-11-8-16-14-10(6-7-12(18)17(11)14)13(19)9-4-2-1-3-5-9/h1-8,16H. The zero-order chi connectivity index (χ0) is 13.4. The van der Waals surface area contributed by atoms with Crippen LogP contribution in [-0.2, 0) is 0 Å². The number of carbonyl (C=O) groups is 1. The molecule has 2 aromatic heterocycles. The monoisotopic (exact) mass is 316 g/mol. The van der Waals surface area contributed by atoms with E-state index in [9.17, 15) is 9.59 Å². The van der Waals surface area contributed by atoms with Gasteiger partial charge in [-0.2, -0.15) is 0 Å². The number of aromatic nitrogens is 2. The van der Waals surface area contributed by atoms with Crippen LogP contribution in [0.2, 0.25) is 0 Å². The van der Waals surface area contributed by atoms with E-state index in [1.165, 1.54) is 10.5 Å². The molecule has 0 amide bonds. The van der Waals surface area contributed by atoms with Crippen LogP contribution >= 0.6 is 15.9 Å². The summed E-state index contributed by atoms with van der Waals surface area (Å²) in [6.07, 6.45) is 1.64. The van der Waals surface area contributed by atoms with E-state index in [0.717, 1.165) is 0 Å². The molecule has 0 atom stereocenters. The van der Waals surface area contributed by atoms with Crippen molar-refractivity contribution < 1.29 is 4.79 Å². The number of benzene rings is 1. The summed E-state index contributed by atoms with van der Waals surface area (Å²) in [5.41, 5.74) is 1.37. The van der Waals surface area contributed by atoms with Crippen molar-refractivity contribution in [2.75, 3.05) is 0 Å². The van der Waals surface area contributed by atoms with Crippen LogP contribution in [0.1, 0.15) is 15.9 Å². The van der Waals surface area contributed by atoms with Crippen molar-refractivity contribution in [2.24, 2.45) is 0 Å². The van der Waals surface area contributed by atoms with Gasteiger partial charge >= 0.3 is 0 Å². The van der Waals surface area contributed by atoms with E-state index in [1.807, 2.05) is 18.2 Å². The molecular weight excluding hydrogens is 308 g/mol. The zero-order valence-corrected chi connectivity index (χ0v) is 11.3. The maximum atomic E-state index is 12.4. The lowest BCUT2D eigenvalue weighted by Crippen LogP contribution is -2.15. The van der Waals surface area contributed by atoms with Crippen molar-refractivity contribution in [1.29, 1.82) is 0 Å². The van der Waals surface area contributed by atoms with E-state index in [2.05, 4.69) is 20.9 Å². The molecular formula is C14H9BrN2O2. The Morgan fingerprint density at radius 1 is 1.11 bits per heavy atom. The first-order chi connectivity index (χ1) is 9.18. The minimum atomic E-state index is -0.187. The molecule has 5 heteroatoms. The van der Waals surface area contributed by atoms with Crippen molar-refractivity contribution >= 4 is 27.4 Å². The molecule has 3 rings (SSSR count). The van der Waals surface area contributed by atoms with Gasteiger partial charge in [0.05, 0.1) is 5.56 Å². The van der Waals surface area contributed by atoms with Crippen LogP contribution in [0.3, 0.4) is 0 Å². The van der Waals surface area contributed by atoms with Crippen LogP contribution in [0, 0.1) is 0 Å². The van der Waals surface area contributed by atoms with Gasteiger partial charge in [0.15, 0.2) is 5.78 Å². The summed E-state index contributed by atoms with van der Waals surface area (Å²) in [5, 5.41) is 0. The number of nitrogens with zero attached hydrogens (tertiary/aromatic N) is 1. The highest BCUT2D eigenvalue weighted by Gasteiger charge is 2.15. The predicted molar refractivity (Wildman–Crippen MR) is 75.6 cm³/mol. The second-order valence-electron chi connectivity index (χ2n) is 4.08.